The highest BCUT2D eigenvalue weighted by Gasteiger charge is 2.17. The van der Waals surface area contributed by atoms with Crippen LogP contribution in [0, 0.1) is 17.0 Å². The molecular formula is C22H21N5O3. The number of hydrogen-bond acceptors (Lipinski definition) is 5. The second kappa shape index (κ2) is 7.90. The normalized spacial score (nSPS) is 11.1. The van der Waals surface area contributed by atoms with Gasteiger partial charge in [-0.2, -0.15) is 5.10 Å². The predicted octanol–water partition coefficient (Wildman–Crippen LogP) is 4.85. The van der Waals surface area contributed by atoms with Crippen LogP contribution in [0.25, 0.3) is 21.9 Å². The molecule has 152 valence electrons. The molecule has 0 bridgehead atoms. The van der Waals surface area contributed by atoms with E-state index in [-0.39, 0.29) is 11.6 Å². The maximum atomic E-state index is 12.7. The van der Waals surface area contributed by atoms with Gasteiger partial charge in [0, 0.05) is 29.6 Å². The van der Waals surface area contributed by atoms with Gasteiger partial charge < -0.3 is 5.32 Å². The standard InChI is InChI=1S/C22H21N5O3/c1-3-4-11-26-21-18(13-16-12-14(2)5-10-19(16)23-21)20(25-26)24-22(28)15-6-8-17(9-7-15)27(29)30/h5-10,12-13H,3-4,11H2,1-2H3,(H,24,25,28). The molecule has 0 saturated carbocycles. The number of nitro benzene ring substituents is 1. The Hall–Kier alpha value is -3.81. The smallest absolute Gasteiger partial charge is 0.269 e. The van der Waals surface area contributed by atoms with Gasteiger partial charge in [0.2, 0.25) is 0 Å². The van der Waals surface area contributed by atoms with E-state index in [1.807, 2.05) is 35.9 Å². The summed E-state index contributed by atoms with van der Waals surface area (Å²) in [6, 6.07) is 13.5. The van der Waals surface area contributed by atoms with Gasteiger partial charge in [-0.15, -0.1) is 0 Å². The SMILES string of the molecule is CCCCn1nc(NC(=O)c2ccc([N+](=O)[O-])cc2)c2cc3cc(C)ccc3nc21. The van der Waals surface area contributed by atoms with Crippen molar-refractivity contribution in [1.29, 1.82) is 0 Å². The number of unbranched alkanes of at least 4 members (excludes halogenated alkanes) is 1. The number of nitro groups is 1. The topological polar surface area (TPSA) is 103 Å². The summed E-state index contributed by atoms with van der Waals surface area (Å²) in [7, 11) is 0. The van der Waals surface area contributed by atoms with Crippen molar-refractivity contribution in [3.63, 3.8) is 0 Å². The Morgan fingerprint density at radius 1 is 1.17 bits per heavy atom. The molecule has 1 amide bonds. The summed E-state index contributed by atoms with van der Waals surface area (Å²) in [4.78, 5) is 27.8. The van der Waals surface area contributed by atoms with Gasteiger partial charge in [0.1, 0.15) is 0 Å². The Bertz CT molecular complexity index is 1260. The van der Waals surface area contributed by atoms with E-state index in [9.17, 15) is 14.9 Å². The number of anilines is 1. The zero-order chi connectivity index (χ0) is 21.3. The van der Waals surface area contributed by atoms with Gasteiger partial charge in [-0.3, -0.25) is 14.9 Å². The molecule has 0 saturated heterocycles. The van der Waals surface area contributed by atoms with Crippen molar-refractivity contribution in [3.05, 3.63) is 69.8 Å². The molecule has 0 atom stereocenters. The third-order valence-corrected chi connectivity index (χ3v) is 4.97. The third kappa shape index (κ3) is 3.71. The van der Waals surface area contributed by atoms with E-state index in [1.54, 1.807) is 0 Å². The van der Waals surface area contributed by atoms with Crippen LogP contribution in [0.5, 0.6) is 0 Å². The molecule has 4 rings (SSSR count). The lowest BCUT2D eigenvalue weighted by Gasteiger charge is -2.04. The lowest BCUT2D eigenvalue weighted by Crippen LogP contribution is -2.13. The molecule has 0 fully saturated rings. The predicted molar refractivity (Wildman–Crippen MR) is 116 cm³/mol. The van der Waals surface area contributed by atoms with Crippen LogP contribution in [-0.2, 0) is 6.54 Å². The largest absolute Gasteiger partial charge is 0.305 e. The molecule has 8 nitrogen and oxygen atoms in total. The number of carbonyl (C=O) groups excluding carboxylic acids is 1. The molecule has 2 heterocycles. The van der Waals surface area contributed by atoms with Gasteiger partial charge in [-0.25, -0.2) is 9.67 Å². The quantitative estimate of drug-likeness (QED) is 0.366. The Balaban J connectivity index is 1.74. The average molecular weight is 403 g/mol. The van der Waals surface area contributed by atoms with Crippen molar-refractivity contribution in [2.24, 2.45) is 0 Å². The van der Waals surface area contributed by atoms with E-state index < -0.39 is 4.92 Å². The molecule has 1 N–H and O–H groups in total. The van der Waals surface area contributed by atoms with E-state index >= 15 is 0 Å². The van der Waals surface area contributed by atoms with Crippen LogP contribution in [0.1, 0.15) is 35.7 Å². The highest BCUT2D eigenvalue weighted by molar-refractivity contribution is 6.09. The zero-order valence-electron chi connectivity index (χ0n) is 16.8. The summed E-state index contributed by atoms with van der Waals surface area (Å²) in [5, 5.41) is 20.0. The molecule has 0 spiro atoms. The van der Waals surface area contributed by atoms with Crippen LogP contribution in [0.2, 0.25) is 0 Å². The summed E-state index contributed by atoms with van der Waals surface area (Å²) in [6.45, 7) is 4.82. The zero-order valence-corrected chi connectivity index (χ0v) is 16.8. The Kier molecular flexibility index (Phi) is 5.14. The molecule has 0 aliphatic heterocycles. The van der Waals surface area contributed by atoms with Crippen LogP contribution < -0.4 is 5.32 Å². The summed E-state index contributed by atoms with van der Waals surface area (Å²) in [5.41, 5.74) is 2.98. The summed E-state index contributed by atoms with van der Waals surface area (Å²) < 4.78 is 1.82. The number of pyridine rings is 1. The fourth-order valence-electron chi connectivity index (χ4n) is 3.35. The van der Waals surface area contributed by atoms with Crippen molar-refractivity contribution in [1.82, 2.24) is 14.8 Å². The maximum absolute atomic E-state index is 12.7. The van der Waals surface area contributed by atoms with Crippen LogP contribution in [0.4, 0.5) is 11.5 Å². The first-order chi connectivity index (χ1) is 14.5. The number of carbonyl (C=O) groups is 1. The second-order valence-corrected chi connectivity index (χ2v) is 7.24. The van der Waals surface area contributed by atoms with Gasteiger partial charge in [0.25, 0.3) is 11.6 Å². The summed E-state index contributed by atoms with van der Waals surface area (Å²) in [6.07, 6.45) is 1.96. The van der Waals surface area contributed by atoms with Crippen LogP contribution >= 0.6 is 0 Å². The minimum absolute atomic E-state index is 0.0631. The molecule has 4 aromatic rings. The molecular weight excluding hydrogens is 382 g/mol. The fraction of sp³-hybridized carbons (Fsp3) is 0.227. The number of amides is 1. The summed E-state index contributed by atoms with van der Waals surface area (Å²) >= 11 is 0. The van der Waals surface area contributed by atoms with E-state index in [4.69, 9.17) is 4.98 Å². The molecule has 2 aromatic heterocycles. The minimum Gasteiger partial charge on any atom is -0.305 e. The van der Waals surface area contributed by atoms with Crippen molar-refractivity contribution in [3.8, 4) is 0 Å². The Morgan fingerprint density at radius 2 is 1.93 bits per heavy atom. The third-order valence-electron chi connectivity index (χ3n) is 4.97. The van der Waals surface area contributed by atoms with Gasteiger partial charge in [0.15, 0.2) is 11.5 Å². The highest BCUT2D eigenvalue weighted by atomic mass is 16.6. The Morgan fingerprint density at radius 3 is 2.63 bits per heavy atom. The number of nitrogens with zero attached hydrogens (tertiary/aromatic N) is 4. The monoisotopic (exact) mass is 403 g/mol. The number of fused-ring (bicyclic) bond motifs is 2. The maximum Gasteiger partial charge on any atom is 0.269 e. The number of rotatable bonds is 6. The number of hydrogen-bond donors (Lipinski definition) is 1. The van der Waals surface area contributed by atoms with Crippen molar-refractivity contribution >= 4 is 39.3 Å². The van der Waals surface area contributed by atoms with Crippen molar-refractivity contribution in [2.45, 2.75) is 33.2 Å². The van der Waals surface area contributed by atoms with Gasteiger partial charge >= 0.3 is 0 Å². The van der Waals surface area contributed by atoms with Crippen molar-refractivity contribution in [2.75, 3.05) is 5.32 Å². The van der Waals surface area contributed by atoms with Gasteiger partial charge in [0.05, 0.1) is 15.8 Å². The van der Waals surface area contributed by atoms with E-state index in [0.717, 1.165) is 40.3 Å². The highest BCUT2D eigenvalue weighted by Crippen LogP contribution is 2.27. The molecule has 0 aliphatic carbocycles. The number of aryl methyl sites for hydroxylation is 2. The molecule has 0 unspecified atom stereocenters. The molecule has 30 heavy (non-hydrogen) atoms. The van der Waals surface area contributed by atoms with Crippen LogP contribution in [0.15, 0.2) is 48.5 Å². The van der Waals surface area contributed by atoms with Crippen LogP contribution in [0.3, 0.4) is 0 Å². The molecule has 0 radical (unpaired) electrons. The number of non-ortho nitro benzene ring substituents is 1. The van der Waals surface area contributed by atoms with E-state index in [1.165, 1.54) is 24.3 Å². The number of benzene rings is 2. The van der Waals surface area contributed by atoms with Gasteiger partial charge in [-0.05, 0) is 43.7 Å². The van der Waals surface area contributed by atoms with Gasteiger partial charge in [-0.1, -0.05) is 25.0 Å². The number of aromatic nitrogens is 3. The lowest BCUT2D eigenvalue weighted by molar-refractivity contribution is -0.384. The second-order valence-electron chi connectivity index (χ2n) is 7.24. The van der Waals surface area contributed by atoms with Crippen molar-refractivity contribution < 1.29 is 9.72 Å². The van der Waals surface area contributed by atoms with E-state index in [2.05, 4.69) is 17.3 Å². The lowest BCUT2D eigenvalue weighted by atomic mass is 10.1. The molecule has 8 heteroatoms. The first kappa shape index (κ1) is 19.5. The average Bonchev–Trinajstić information content (AvgIpc) is 3.06. The fourth-order valence-corrected chi connectivity index (χ4v) is 3.35. The van der Waals surface area contributed by atoms with E-state index in [0.29, 0.717) is 17.9 Å². The number of nitrogens with one attached hydrogen (secondary N) is 1. The summed E-state index contributed by atoms with van der Waals surface area (Å²) in [5.74, 6) is 0.0524. The first-order valence-corrected chi connectivity index (χ1v) is 9.80. The molecule has 0 aliphatic rings. The van der Waals surface area contributed by atoms with Crippen LogP contribution in [-0.4, -0.2) is 25.6 Å². The first-order valence-electron chi connectivity index (χ1n) is 9.80. The minimum atomic E-state index is -0.497. The molecule has 2 aromatic carbocycles. The Labute approximate surface area is 172 Å².